The van der Waals surface area contributed by atoms with Gasteiger partial charge in [-0.15, -0.1) is 0 Å². The van der Waals surface area contributed by atoms with Crippen molar-refractivity contribution in [2.75, 3.05) is 23.3 Å². The summed E-state index contributed by atoms with van der Waals surface area (Å²) in [6.45, 7) is 1.14. The first-order chi connectivity index (χ1) is 14.5. The van der Waals surface area contributed by atoms with Gasteiger partial charge in [-0.3, -0.25) is 4.79 Å². The fourth-order valence-corrected chi connectivity index (χ4v) is 3.53. The largest absolute Gasteiger partial charge is 0.356 e. The molecule has 1 fully saturated rings. The van der Waals surface area contributed by atoms with Gasteiger partial charge >= 0.3 is 0 Å². The zero-order valence-electron chi connectivity index (χ0n) is 16.0. The molecule has 2 aromatic carbocycles. The predicted octanol–water partition coefficient (Wildman–Crippen LogP) is 4.42. The van der Waals surface area contributed by atoms with E-state index in [0.29, 0.717) is 30.2 Å². The van der Waals surface area contributed by atoms with Crippen LogP contribution in [0.2, 0.25) is 0 Å². The van der Waals surface area contributed by atoms with Crippen molar-refractivity contribution in [3.8, 4) is 11.4 Å². The molecule has 0 aliphatic carbocycles. The molecule has 0 spiro atoms. The van der Waals surface area contributed by atoms with Crippen molar-refractivity contribution in [1.82, 2.24) is 9.97 Å². The maximum atomic E-state index is 13.4. The van der Waals surface area contributed by atoms with Crippen LogP contribution in [-0.2, 0) is 4.79 Å². The molecule has 0 radical (unpaired) electrons. The molecule has 0 unspecified atom stereocenters. The molecule has 5 nitrogen and oxygen atoms in total. The Hall–Kier alpha value is -3.42. The average molecular weight is 412 g/mol. The molecule has 3 aromatic rings. The van der Waals surface area contributed by atoms with Crippen molar-refractivity contribution in [3.63, 3.8) is 0 Å². The summed E-state index contributed by atoms with van der Waals surface area (Å²) < 4.78 is 39.9. The highest BCUT2D eigenvalue weighted by molar-refractivity contribution is 5.93. The molecule has 1 aromatic heterocycles. The summed E-state index contributed by atoms with van der Waals surface area (Å²) >= 11 is 0. The van der Waals surface area contributed by atoms with Crippen LogP contribution in [0.1, 0.15) is 12.8 Å². The summed E-state index contributed by atoms with van der Waals surface area (Å²) in [6, 6.07) is 10.6. The summed E-state index contributed by atoms with van der Waals surface area (Å²) in [5, 5.41) is 2.59. The lowest BCUT2D eigenvalue weighted by molar-refractivity contribution is -0.120. The second-order valence-corrected chi connectivity index (χ2v) is 7.18. The lowest BCUT2D eigenvalue weighted by Crippen LogP contribution is -2.41. The van der Waals surface area contributed by atoms with Crippen LogP contribution in [0.3, 0.4) is 0 Å². The van der Waals surface area contributed by atoms with Gasteiger partial charge < -0.3 is 10.2 Å². The summed E-state index contributed by atoms with van der Waals surface area (Å²) in [5.74, 6) is -1.34. The third-order valence-corrected chi connectivity index (χ3v) is 4.99. The van der Waals surface area contributed by atoms with Crippen molar-refractivity contribution >= 4 is 17.4 Å². The Kier molecular flexibility index (Phi) is 5.65. The normalized spacial score (nSPS) is 16.4. The minimum Gasteiger partial charge on any atom is -0.356 e. The molecule has 1 aliphatic rings. The molecule has 0 bridgehead atoms. The van der Waals surface area contributed by atoms with E-state index < -0.39 is 11.6 Å². The van der Waals surface area contributed by atoms with Crippen LogP contribution in [0, 0.1) is 23.4 Å². The lowest BCUT2D eigenvalue weighted by atomic mass is 9.97. The van der Waals surface area contributed by atoms with Crippen molar-refractivity contribution < 1.29 is 18.0 Å². The van der Waals surface area contributed by atoms with Crippen LogP contribution in [0.5, 0.6) is 0 Å². The Morgan fingerprint density at radius 3 is 2.47 bits per heavy atom. The molecule has 30 heavy (non-hydrogen) atoms. The van der Waals surface area contributed by atoms with Crippen molar-refractivity contribution in [2.24, 2.45) is 5.92 Å². The van der Waals surface area contributed by atoms with Crippen LogP contribution < -0.4 is 10.2 Å². The molecule has 4 rings (SSSR count). The number of piperidine rings is 1. The number of hydrogen-bond donors (Lipinski definition) is 1. The number of nitrogens with one attached hydrogen (secondary N) is 1. The van der Waals surface area contributed by atoms with Gasteiger partial charge in [0.15, 0.2) is 5.82 Å². The van der Waals surface area contributed by atoms with E-state index in [2.05, 4.69) is 15.3 Å². The zero-order valence-corrected chi connectivity index (χ0v) is 16.0. The van der Waals surface area contributed by atoms with Gasteiger partial charge in [0.1, 0.15) is 23.3 Å². The van der Waals surface area contributed by atoms with E-state index in [1.807, 2.05) is 4.90 Å². The van der Waals surface area contributed by atoms with Gasteiger partial charge in [-0.1, -0.05) is 0 Å². The fraction of sp³-hybridized carbons (Fsp3) is 0.227. The Bertz CT molecular complexity index is 1040. The minimum atomic E-state index is -0.745. The summed E-state index contributed by atoms with van der Waals surface area (Å²) in [6.07, 6.45) is 3.06. The quantitative estimate of drug-likeness (QED) is 0.690. The standard InChI is InChI=1S/C22H19F3N4O/c23-16-5-3-14(4-6-16)21-26-8-7-20(28-21)29-9-1-2-15(13-29)22(30)27-19-11-17(24)10-18(25)12-19/h3-8,10-12,15H,1-2,9,13H2,(H,27,30)/t15-/m1/s1. The van der Waals surface area contributed by atoms with Crippen molar-refractivity contribution in [2.45, 2.75) is 12.8 Å². The van der Waals surface area contributed by atoms with Crippen molar-refractivity contribution in [3.05, 3.63) is 72.2 Å². The smallest absolute Gasteiger partial charge is 0.229 e. The molecule has 0 saturated carbocycles. The first kappa shape index (κ1) is 19.9. The molecule has 154 valence electrons. The highest BCUT2D eigenvalue weighted by atomic mass is 19.1. The SMILES string of the molecule is O=C(Nc1cc(F)cc(F)c1)[C@@H]1CCCN(c2ccnc(-c3ccc(F)cc3)n2)C1. The number of halogens is 3. The Balaban J connectivity index is 1.48. The summed E-state index contributed by atoms with van der Waals surface area (Å²) in [7, 11) is 0. The number of anilines is 2. The monoisotopic (exact) mass is 412 g/mol. The number of carbonyl (C=O) groups excluding carboxylic acids is 1. The number of benzene rings is 2. The van der Waals surface area contributed by atoms with E-state index in [1.165, 1.54) is 12.1 Å². The number of nitrogens with zero attached hydrogens (tertiary/aromatic N) is 3. The van der Waals surface area contributed by atoms with Gasteiger partial charge in [0.05, 0.1) is 5.92 Å². The molecule has 1 N–H and O–H groups in total. The topological polar surface area (TPSA) is 58.1 Å². The first-order valence-corrected chi connectivity index (χ1v) is 9.59. The molecule has 1 aliphatic heterocycles. The second kappa shape index (κ2) is 8.52. The molecule has 1 saturated heterocycles. The highest BCUT2D eigenvalue weighted by Gasteiger charge is 2.27. The van der Waals surface area contributed by atoms with Crippen molar-refractivity contribution in [1.29, 1.82) is 0 Å². The maximum Gasteiger partial charge on any atom is 0.229 e. The molecular formula is C22H19F3N4O. The van der Waals surface area contributed by atoms with Crippen LogP contribution >= 0.6 is 0 Å². The fourth-order valence-electron chi connectivity index (χ4n) is 3.53. The highest BCUT2D eigenvalue weighted by Crippen LogP contribution is 2.25. The first-order valence-electron chi connectivity index (χ1n) is 9.59. The van der Waals surface area contributed by atoms with Gasteiger partial charge in [0, 0.05) is 36.6 Å². The van der Waals surface area contributed by atoms with E-state index >= 15 is 0 Å². The van der Waals surface area contributed by atoms with Crippen LogP contribution in [0.15, 0.2) is 54.7 Å². The number of hydrogen-bond acceptors (Lipinski definition) is 4. The molecule has 2 heterocycles. The van der Waals surface area contributed by atoms with E-state index in [-0.39, 0.29) is 23.3 Å². The third-order valence-electron chi connectivity index (χ3n) is 4.99. The maximum absolute atomic E-state index is 13.4. The van der Waals surface area contributed by atoms with Gasteiger partial charge in [-0.25, -0.2) is 23.1 Å². The van der Waals surface area contributed by atoms with Crippen LogP contribution in [0.25, 0.3) is 11.4 Å². The number of rotatable bonds is 4. The number of amides is 1. The summed E-state index contributed by atoms with van der Waals surface area (Å²) in [4.78, 5) is 23.4. The van der Waals surface area contributed by atoms with Gasteiger partial charge in [0.2, 0.25) is 5.91 Å². The lowest BCUT2D eigenvalue weighted by Gasteiger charge is -2.33. The Morgan fingerprint density at radius 2 is 1.73 bits per heavy atom. The number of carbonyl (C=O) groups is 1. The van der Waals surface area contributed by atoms with E-state index in [9.17, 15) is 18.0 Å². The Morgan fingerprint density at radius 1 is 1.00 bits per heavy atom. The van der Waals surface area contributed by atoms with Gasteiger partial charge in [0.25, 0.3) is 0 Å². The number of aromatic nitrogens is 2. The Labute approximate surface area is 171 Å². The third kappa shape index (κ3) is 4.59. The van der Waals surface area contributed by atoms with Crippen LogP contribution in [0.4, 0.5) is 24.7 Å². The molecular weight excluding hydrogens is 393 g/mol. The van der Waals surface area contributed by atoms with E-state index in [1.54, 1.807) is 24.4 Å². The average Bonchev–Trinajstić information content (AvgIpc) is 2.74. The zero-order chi connectivity index (χ0) is 21.1. The van der Waals surface area contributed by atoms with Crippen LogP contribution in [-0.4, -0.2) is 29.0 Å². The van der Waals surface area contributed by atoms with E-state index in [4.69, 9.17) is 0 Å². The minimum absolute atomic E-state index is 0.0928. The van der Waals surface area contributed by atoms with Gasteiger partial charge in [-0.05, 0) is 55.3 Å². The molecule has 1 atom stereocenters. The molecule has 8 heteroatoms. The second-order valence-electron chi connectivity index (χ2n) is 7.18. The molecule has 1 amide bonds. The predicted molar refractivity (Wildman–Crippen MR) is 107 cm³/mol. The summed E-state index contributed by atoms with van der Waals surface area (Å²) in [5.41, 5.74) is 0.785. The van der Waals surface area contributed by atoms with Gasteiger partial charge in [-0.2, -0.15) is 0 Å². The van der Waals surface area contributed by atoms with E-state index in [0.717, 1.165) is 31.2 Å².